The number of aliphatic hydroxyl groups excluding tert-OH is 1. The minimum Gasteiger partial charge on any atom is -0.507 e. The van der Waals surface area contributed by atoms with Crippen LogP contribution < -0.4 is 4.90 Å². The number of anilines is 1. The highest BCUT2D eigenvalue weighted by molar-refractivity contribution is 7.10. The van der Waals surface area contributed by atoms with Crippen molar-refractivity contribution in [1.82, 2.24) is 0 Å². The van der Waals surface area contributed by atoms with Gasteiger partial charge in [0.05, 0.1) is 5.57 Å². The fourth-order valence-electron chi connectivity index (χ4n) is 3.40. The van der Waals surface area contributed by atoms with Crippen LogP contribution in [0.25, 0.3) is 5.76 Å². The first-order valence-electron chi connectivity index (χ1n) is 8.75. The van der Waals surface area contributed by atoms with E-state index in [0.717, 1.165) is 10.4 Å². The lowest BCUT2D eigenvalue weighted by atomic mass is 9.99. The number of hydrogen-bond acceptors (Lipinski definition) is 4. The molecule has 7 heteroatoms. The zero-order valence-corrected chi connectivity index (χ0v) is 17.6. The molecule has 3 aromatic rings. The van der Waals surface area contributed by atoms with Gasteiger partial charge in [-0.05, 0) is 60.3 Å². The van der Waals surface area contributed by atoms with Crippen molar-refractivity contribution in [3.05, 3.63) is 91.6 Å². The summed E-state index contributed by atoms with van der Waals surface area (Å²) in [6, 6.07) is 14.6. The number of nitrogens with zero attached hydrogens (tertiary/aromatic N) is 1. The number of hydrogen-bond donors (Lipinski definition) is 1. The Hall–Kier alpha value is -2.60. The normalized spacial score (nSPS) is 18.4. The van der Waals surface area contributed by atoms with Crippen LogP contribution >= 0.6 is 34.5 Å². The second-order valence-corrected chi connectivity index (χ2v) is 8.47. The Labute approximate surface area is 181 Å². The quantitative estimate of drug-likeness (QED) is 0.307. The van der Waals surface area contributed by atoms with E-state index in [-0.39, 0.29) is 11.3 Å². The Kier molecular flexibility index (Phi) is 5.21. The lowest BCUT2D eigenvalue weighted by molar-refractivity contribution is -0.132. The summed E-state index contributed by atoms with van der Waals surface area (Å²) in [6.45, 7) is 1.84. The number of rotatable bonds is 3. The van der Waals surface area contributed by atoms with Crippen molar-refractivity contribution in [2.75, 3.05) is 4.90 Å². The maximum absolute atomic E-state index is 13.0. The molecule has 1 amide bonds. The zero-order chi connectivity index (χ0) is 20.7. The molecule has 2 heterocycles. The SMILES string of the molecule is Cc1ccc(Cl)cc1N1C(=O)C(=O)/C(=C(\O)c2ccc(Cl)cc2)C1c1cccs1. The predicted octanol–water partition coefficient (Wildman–Crippen LogP) is 5.99. The molecule has 1 saturated heterocycles. The van der Waals surface area contributed by atoms with E-state index >= 15 is 0 Å². The monoisotopic (exact) mass is 443 g/mol. The predicted molar refractivity (Wildman–Crippen MR) is 117 cm³/mol. The van der Waals surface area contributed by atoms with Crippen LogP contribution in [0.2, 0.25) is 10.0 Å². The van der Waals surface area contributed by atoms with E-state index in [9.17, 15) is 14.7 Å². The number of thiophene rings is 1. The molecular formula is C22H15Cl2NO3S. The number of benzene rings is 2. The molecule has 1 N–H and O–H groups in total. The average Bonchev–Trinajstić information content (AvgIpc) is 3.31. The van der Waals surface area contributed by atoms with Crippen molar-refractivity contribution in [2.45, 2.75) is 13.0 Å². The molecule has 1 aliphatic heterocycles. The molecule has 146 valence electrons. The van der Waals surface area contributed by atoms with Crippen LogP contribution in [0.5, 0.6) is 0 Å². The van der Waals surface area contributed by atoms with E-state index in [2.05, 4.69) is 0 Å². The molecule has 0 radical (unpaired) electrons. The van der Waals surface area contributed by atoms with Gasteiger partial charge in [-0.1, -0.05) is 35.3 Å². The number of amides is 1. The van der Waals surface area contributed by atoms with E-state index in [1.165, 1.54) is 16.2 Å². The minimum atomic E-state index is -0.747. The van der Waals surface area contributed by atoms with Crippen LogP contribution in [0.4, 0.5) is 5.69 Å². The summed E-state index contributed by atoms with van der Waals surface area (Å²) >= 11 is 13.5. The van der Waals surface area contributed by atoms with Gasteiger partial charge in [-0.2, -0.15) is 0 Å². The van der Waals surface area contributed by atoms with Crippen molar-refractivity contribution in [3.8, 4) is 0 Å². The summed E-state index contributed by atoms with van der Waals surface area (Å²) in [5.74, 6) is -1.68. The van der Waals surface area contributed by atoms with Crippen molar-refractivity contribution in [2.24, 2.45) is 0 Å². The van der Waals surface area contributed by atoms with E-state index in [1.54, 1.807) is 42.5 Å². The highest BCUT2D eigenvalue weighted by Crippen LogP contribution is 2.44. The molecule has 1 atom stereocenters. The first-order chi connectivity index (χ1) is 13.9. The van der Waals surface area contributed by atoms with Crippen LogP contribution in [-0.2, 0) is 9.59 Å². The summed E-state index contributed by atoms with van der Waals surface area (Å²) < 4.78 is 0. The molecule has 2 aromatic carbocycles. The van der Waals surface area contributed by atoms with Gasteiger partial charge in [0.15, 0.2) is 0 Å². The highest BCUT2D eigenvalue weighted by atomic mass is 35.5. The van der Waals surface area contributed by atoms with Crippen LogP contribution in [0.1, 0.15) is 22.0 Å². The van der Waals surface area contributed by atoms with E-state index in [1.807, 2.05) is 24.4 Å². The number of carbonyl (C=O) groups is 2. The lowest BCUT2D eigenvalue weighted by Gasteiger charge is -2.25. The van der Waals surface area contributed by atoms with Gasteiger partial charge in [0.2, 0.25) is 0 Å². The third-order valence-corrected chi connectivity index (χ3v) is 6.22. The number of aryl methyl sites for hydroxylation is 1. The summed E-state index contributed by atoms with van der Waals surface area (Å²) in [5.41, 5.74) is 1.79. The van der Waals surface area contributed by atoms with Gasteiger partial charge in [-0.15, -0.1) is 11.3 Å². The second-order valence-electron chi connectivity index (χ2n) is 6.62. The summed E-state index contributed by atoms with van der Waals surface area (Å²) in [7, 11) is 0. The molecule has 4 rings (SSSR count). The molecule has 1 aliphatic rings. The molecule has 0 bridgehead atoms. The second kappa shape index (κ2) is 7.67. The lowest BCUT2D eigenvalue weighted by Crippen LogP contribution is -2.29. The number of ketones is 1. The molecule has 0 aliphatic carbocycles. The van der Waals surface area contributed by atoms with Crippen LogP contribution in [-0.4, -0.2) is 16.8 Å². The van der Waals surface area contributed by atoms with Gasteiger partial charge in [0.25, 0.3) is 11.7 Å². The van der Waals surface area contributed by atoms with Gasteiger partial charge >= 0.3 is 0 Å². The molecule has 4 nitrogen and oxygen atoms in total. The largest absolute Gasteiger partial charge is 0.507 e. The molecule has 29 heavy (non-hydrogen) atoms. The first-order valence-corrected chi connectivity index (χ1v) is 10.4. The fraction of sp³-hybridized carbons (Fsp3) is 0.0909. The van der Waals surface area contributed by atoms with Gasteiger partial charge in [-0.25, -0.2) is 0 Å². The zero-order valence-electron chi connectivity index (χ0n) is 15.2. The number of aliphatic hydroxyl groups is 1. The smallest absolute Gasteiger partial charge is 0.300 e. The Morgan fingerprint density at radius 2 is 1.72 bits per heavy atom. The van der Waals surface area contributed by atoms with E-state index in [0.29, 0.717) is 21.3 Å². The van der Waals surface area contributed by atoms with Crippen molar-refractivity contribution >= 4 is 57.7 Å². The minimum absolute atomic E-state index is 0.0409. The van der Waals surface area contributed by atoms with Gasteiger partial charge in [0, 0.05) is 26.2 Å². The van der Waals surface area contributed by atoms with E-state index < -0.39 is 17.7 Å². The van der Waals surface area contributed by atoms with Crippen molar-refractivity contribution < 1.29 is 14.7 Å². The van der Waals surface area contributed by atoms with Gasteiger partial charge in [-0.3, -0.25) is 14.5 Å². The van der Waals surface area contributed by atoms with Crippen molar-refractivity contribution in [1.29, 1.82) is 0 Å². The summed E-state index contributed by atoms with van der Waals surface area (Å²) in [4.78, 5) is 28.2. The average molecular weight is 444 g/mol. The fourth-order valence-corrected chi connectivity index (χ4v) is 4.52. The Balaban J connectivity index is 1.95. The molecule has 1 fully saturated rings. The molecule has 1 aromatic heterocycles. The number of carbonyl (C=O) groups excluding carboxylic acids is 2. The molecule has 0 spiro atoms. The number of halogens is 2. The molecule has 0 saturated carbocycles. The maximum atomic E-state index is 13.0. The Bertz CT molecular complexity index is 1140. The maximum Gasteiger partial charge on any atom is 0.300 e. The van der Waals surface area contributed by atoms with Gasteiger partial charge < -0.3 is 5.11 Å². The third kappa shape index (κ3) is 3.46. The molecule has 1 unspecified atom stereocenters. The van der Waals surface area contributed by atoms with Crippen molar-refractivity contribution in [3.63, 3.8) is 0 Å². The van der Waals surface area contributed by atoms with Crippen LogP contribution in [0.3, 0.4) is 0 Å². The van der Waals surface area contributed by atoms with Gasteiger partial charge in [0.1, 0.15) is 11.8 Å². The Morgan fingerprint density at radius 3 is 2.38 bits per heavy atom. The summed E-state index contributed by atoms with van der Waals surface area (Å²) in [5, 5.41) is 13.8. The third-order valence-electron chi connectivity index (χ3n) is 4.81. The summed E-state index contributed by atoms with van der Waals surface area (Å²) in [6.07, 6.45) is 0. The number of Topliss-reactive ketones (excluding diaryl/α,β-unsaturated/α-hetero) is 1. The van der Waals surface area contributed by atoms with Crippen LogP contribution in [0, 0.1) is 6.92 Å². The van der Waals surface area contributed by atoms with E-state index in [4.69, 9.17) is 23.2 Å². The topological polar surface area (TPSA) is 57.6 Å². The first kappa shape index (κ1) is 19.7. The molecular weight excluding hydrogens is 429 g/mol. The van der Waals surface area contributed by atoms with Crippen LogP contribution in [0.15, 0.2) is 65.6 Å². The highest BCUT2D eigenvalue weighted by Gasteiger charge is 2.47. The Morgan fingerprint density at radius 1 is 1.03 bits per heavy atom. The standard InChI is InChI=1S/C22H15Cl2NO3S/c1-12-4-7-15(24)11-16(12)25-19(17-3-2-10-29-17)18(21(27)22(25)28)20(26)13-5-8-14(23)9-6-13/h2-11,19,26H,1H3/b20-18-.